The standard InChI is InChI=1S/C16H23N3/c1-12(13-6-5-9-17-11-13)10-16-18-14-7-3-4-8-15(14)19(16)2/h3-4,7-8,12-13,17H,5-6,9-11H2,1-2H3. The highest BCUT2D eigenvalue weighted by molar-refractivity contribution is 5.75. The van der Waals surface area contributed by atoms with Crippen molar-refractivity contribution in [3.05, 3.63) is 30.1 Å². The van der Waals surface area contributed by atoms with Crippen LogP contribution in [-0.2, 0) is 13.5 Å². The molecule has 0 amide bonds. The molecule has 0 spiro atoms. The summed E-state index contributed by atoms with van der Waals surface area (Å²) in [6.07, 6.45) is 3.76. The maximum Gasteiger partial charge on any atom is 0.109 e. The van der Waals surface area contributed by atoms with Gasteiger partial charge in [0, 0.05) is 13.5 Å². The minimum atomic E-state index is 0.698. The summed E-state index contributed by atoms with van der Waals surface area (Å²) in [7, 11) is 2.14. The first-order valence-electron chi connectivity index (χ1n) is 7.37. The van der Waals surface area contributed by atoms with Crippen molar-refractivity contribution in [3.63, 3.8) is 0 Å². The molecule has 0 radical (unpaired) electrons. The van der Waals surface area contributed by atoms with Crippen molar-refractivity contribution >= 4 is 11.0 Å². The number of benzene rings is 1. The number of rotatable bonds is 3. The first kappa shape index (κ1) is 12.7. The summed E-state index contributed by atoms with van der Waals surface area (Å²) in [4.78, 5) is 4.79. The molecule has 0 saturated carbocycles. The number of piperidine rings is 1. The van der Waals surface area contributed by atoms with E-state index in [2.05, 4.69) is 48.1 Å². The van der Waals surface area contributed by atoms with Crippen molar-refractivity contribution < 1.29 is 0 Å². The Morgan fingerprint density at radius 1 is 1.42 bits per heavy atom. The van der Waals surface area contributed by atoms with E-state index in [9.17, 15) is 0 Å². The molecule has 102 valence electrons. The van der Waals surface area contributed by atoms with E-state index in [0.717, 1.165) is 17.9 Å². The van der Waals surface area contributed by atoms with Gasteiger partial charge >= 0.3 is 0 Å². The van der Waals surface area contributed by atoms with Gasteiger partial charge in [-0.2, -0.15) is 0 Å². The van der Waals surface area contributed by atoms with Gasteiger partial charge in [-0.25, -0.2) is 4.98 Å². The second-order valence-corrected chi connectivity index (χ2v) is 5.86. The van der Waals surface area contributed by atoms with Gasteiger partial charge in [-0.1, -0.05) is 19.1 Å². The average Bonchev–Trinajstić information content (AvgIpc) is 2.77. The molecule has 0 bridgehead atoms. The summed E-state index contributed by atoms with van der Waals surface area (Å²) in [5.41, 5.74) is 2.36. The van der Waals surface area contributed by atoms with Crippen LogP contribution in [0.4, 0.5) is 0 Å². The molecule has 1 fully saturated rings. The zero-order valence-corrected chi connectivity index (χ0v) is 11.9. The van der Waals surface area contributed by atoms with E-state index in [1.54, 1.807) is 0 Å². The minimum absolute atomic E-state index is 0.698. The Balaban J connectivity index is 1.78. The smallest absolute Gasteiger partial charge is 0.109 e. The molecule has 3 heteroatoms. The first-order valence-corrected chi connectivity index (χ1v) is 7.37. The van der Waals surface area contributed by atoms with Crippen molar-refractivity contribution in [2.45, 2.75) is 26.2 Å². The van der Waals surface area contributed by atoms with E-state index >= 15 is 0 Å². The van der Waals surface area contributed by atoms with Gasteiger partial charge in [0.25, 0.3) is 0 Å². The molecule has 3 nitrogen and oxygen atoms in total. The van der Waals surface area contributed by atoms with Gasteiger partial charge in [-0.05, 0) is 49.9 Å². The average molecular weight is 257 g/mol. The minimum Gasteiger partial charge on any atom is -0.331 e. The lowest BCUT2D eigenvalue weighted by Gasteiger charge is -2.28. The van der Waals surface area contributed by atoms with Gasteiger partial charge in [0.05, 0.1) is 11.0 Å². The fourth-order valence-electron chi connectivity index (χ4n) is 3.20. The Bertz CT molecular complexity index is 552. The number of para-hydroxylation sites is 2. The second kappa shape index (κ2) is 5.33. The summed E-state index contributed by atoms with van der Waals surface area (Å²) >= 11 is 0. The van der Waals surface area contributed by atoms with Crippen LogP contribution >= 0.6 is 0 Å². The van der Waals surface area contributed by atoms with E-state index in [4.69, 9.17) is 4.98 Å². The molecule has 2 atom stereocenters. The van der Waals surface area contributed by atoms with Crippen LogP contribution < -0.4 is 5.32 Å². The highest BCUT2D eigenvalue weighted by Crippen LogP contribution is 2.24. The van der Waals surface area contributed by atoms with Crippen LogP contribution in [-0.4, -0.2) is 22.6 Å². The van der Waals surface area contributed by atoms with Crippen LogP contribution in [0.3, 0.4) is 0 Å². The molecule has 19 heavy (non-hydrogen) atoms. The van der Waals surface area contributed by atoms with Crippen molar-refractivity contribution in [1.29, 1.82) is 0 Å². The highest BCUT2D eigenvalue weighted by atomic mass is 15.1. The molecule has 1 aliphatic heterocycles. The van der Waals surface area contributed by atoms with E-state index in [0.29, 0.717) is 5.92 Å². The number of hydrogen-bond acceptors (Lipinski definition) is 2. The second-order valence-electron chi connectivity index (χ2n) is 5.86. The van der Waals surface area contributed by atoms with Gasteiger partial charge < -0.3 is 9.88 Å². The molecule has 1 aromatic heterocycles. The first-order chi connectivity index (χ1) is 9.25. The predicted molar refractivity (Wildman–Crippen MR) is 79.2 cm³/mol. The predicted octanol–water partition coefficient (Wildman–Crippen LogP) is 2.75. The number of aryl methyl sites for hydroxylation is 1. The maximum absolute atomic E-state index is 4.79. The summed E-state index contributed by atoms with van der Waals surface area (Å²) in [6.45, 7) is 4.73. The zero-order chi connectivity index (χ0) is 13.2. The van der Waals surface area contributed by atoms with Gasteiger partial charge in [0.15, 0.2) is 0 Å². The Hall–Kier alpha value is -1.35. The van der Waals surface area contributed by atoms with Crippen LogP contribution in [0.25, 0.3) is 11.0 Å². The SMILES string of the molecule is CC(Cc1nc2ccccc2n1C)C1CCCNC1. The Kier molecular flexibility index (Phi) is 3.56. The molecular weight excluding hydrogens is 234 g/mol. The van der Waals surface area contributed by atoms with Crippen LogP contribution in [0.5, 0.6) is 0 Å². The Morgan fingerprint density at radius 2 is 2.26 bits per heavy atom. The van der Waals surface area contributed by atoms with Crippen molar-refractivity contribution in [2.75, 3.05) is 13.1 Å². The molecule has 0 aliphatic carbocycles. The molecular formula is C16H23N3. The number of nitrogens with zero attached hydrogens (tertiary/aromatic N) is 2. The van der Waals surface area contributed by atoms with E-state index in [-0.39, 0.29) is 0 Å². The summed E-state index contributed by atoms with van der Waals surface area (Å²) in [5.74, 6) is 2.72. The molecule has 1 aliphatic rings. The quantitative estimate of drug-likeness (QED) is 0.916. The third kappa shape index (κ3) is 2.52. The zero-order valence-electron chi connectivity index (χ0n) is 11.9. The van der Waals surface area contributed by atoms with Crippen LogP contribution in [0.2, 0.25) is 0 Å². The molecule has 3 rings (SSSR count). The summed E-state index contributed by atoms with van der Waals surface area (Å²) in [6, 6.07) is 8.40. The fourth-order valence-corrected chi connectivity index (χ4v) is 3.20. The van der Waals surface area contributed by atoms with Crippen molar-refractivity contribution in [2.24, 2.45) is 18.9 Å². The lowest BCUT2D eigenvalue weighted by Crippen LogP contribution is -2.34. The largest absolute Gasteiger partial charge is 0.331 e. The Labute approximate surface area is 115 Å². The maximum atomic E-state index is 4.79. The lowest BCUT2D eigenvalue weighted by molar-refractivity contribution is 0.275. The number of nitrogens with one attached hydrogen (secondary N) is 1. The van der Waals surface area contributed by atoms with Crippen LogP contribution in [0, 0.1) is 11.8 Å². The molecule has 1 N–H and O–H groups in total. The van der Waals surface area contributed by atoms with Crippen molar-refractivity contribution in [1.82, 2.24) is 14.9 Å². The molecule has 1 saturated heterocycles. The van der Waals surface area contributed by atoms with Crippen molar-refractivity contribution in [3.8, 4) is 0 Å². The fraction of sp³-hybridized carbons (Fsp3) is 0.562. The Morgan fingerprint density at radius 3 is 3.00 bits per heavy atom. The van der Waals surface area contributed by atoms with Gasteiger partial charge in [-0.3, -0.25) is 0 Å². The number of aromatic nitrogens is 2. The van der Waals surface area contributed by atoms with Gasteiger partial charge in [-0.15, -0.1) is 0 Å². The monoisotopic (exact) mass is 257 g/mol. The highest BCUT2D eigenvalue weighted by Gasteiger charge is 2.21. The van der Waals surface area contributed by atoms with E-state index in [1.165, 1.54) is 37.3 Å². The summed E-state index contributed by atoms with van der Waals surface area (Å²) in [5, 5.41) is 3.52. The third-order valence-electron chi connectivity index (χ3n) is 4.52. The molecule has 2 unspecified atom stereocenters. The van der Waals surface area contributed by atoms with Crippen LogP contribution in [0.15, 0.2) is 24.3 Å². The molecule has 2 aromatic rings. The van der Waals surface area contributed by atoms with Crippen LogP contribution in [0.1, 0.15) is 25.6 Å². The molecule has 1 aromatic carbocycles. The number of hydrogen-bond donors (Lipinski definition) is 1. The van der Waals surface area contributed by atoms with E-state index in [1.807, 2.05) is 0 Å². The number of imidazole rings is 1. The lowest BCUT2D eigenvalue weighted by atomic mass is 9.85. The number of fused-ring (bicyclic) bond motifs is 1. The topological polar surface area (TPSA) is 29.9 Å². The van der Waals surface area contributed by atoms with Gasteiger partial charge in [0.1, 0.15) is 5.82 Å². The normalized spacial score (nSPS) is 21.7. The van der Waals surface area contributed by atoms with E-state index < -0.39 is 0 Å². The summed E-state index contributed by atoms with van der Waals surface area (Å²) < 4.78 is 2.25. The molecule has 2 heterocycles. The third-order valence-corrected chi connectivity index (χ3v) is 4.52. The van der Waals surface area contributed by atoms with Gasteiger partial charge in [0.2, 0.25) is 0 Å².